The van der Waals surface area contributed by atoms with E-state index in [9.17, 15) is 0 Å². The lowest BCUT2D eigenvalue weighted by Gasteiger charge is -2.40. The zero-order chi connectivity index (χ0) is 12.6. The Labute approximate surface area is 104 Å². The molecule has 1 aromatic carbocycles. The van der Waals surface area contributed by atoms with Gasteiger partial charge in [0.2, 0.25) is 0 Å². The van der Waals surface area contributed by atoms with Gasteiger partial charge in [0.25, 0.3) is 0 Å². The average Bonchev–Trinajstić information content (AvgIpc) is 2.33. The van der Waals surface area contributed by atoms with Crippen molar-refractivity contribution in [1.82, 2.24) is 5.32 Å². The van der Waals surface area contributed by atoms with E-state index in [0.717, 1.165) is 18.6 Å². The van der Waals surface area contributed by atoms with Crippen LogP contribution in [0.1, 0.15) is 49.4 Å². The molecular formula is C15H23NO. The van der Waals surface area contributed by atoms with E-state index in [1.165, 1.54) is 16.7 Å². The van der Waals surface area contributed by atoms with E-state index in [4.69, 9.17) is 4.74 Å². The molecule has 2 atom stereocenters. The second-order valence-electron chi connectivity index (χ2n) is 5.38. The van der Waals surface area contributed by atoms with Gasteiger partial charge in [-0.05, 0) is 45.4 Å². The van der Waals surface area contributed by atoms with Crippen molar-refractivity contribution >= 4 is 0 Å². The SMILES string of the molecule is CCC1(C)CC(NC)c2ccc(C)c(C)c2O1. The number of rotatable bonds is 2. The van der Waals surface area contributed by atoms with Crippen LogP contribution >= 0.6 is 0 Å². The predicted molar refractivity (Wildman–Crippen MR) is 71.7 cm³/mol. The molecule has 0 radical (unpaired) electrons. The van der Waals surface area contributed by atoms with Crippen molar-refractivity contribution in [2.45, 2.75) is 52.2 Å². The quantitative estimate of drug-likeness (QED) is 0.844. The Morgan fingerprint density at radius 1 is 1.41 bits per heavy atom. The first-order valence-electron chi connectivity index (χ1n) is 6.47. The highest BCUT2D eigenvalue weighted by atomic mass is 16.5. The van der Waals surface area contributed by atoms with Crippen LogP contribution in [0.4, 0.5) is 0 Å². The van der Waals surface area contributed by atoms with Crippen LogP contribution < -0.4 is 10.1 Å². The molecule has 0 saturated heterocycles. The molecule has 17 heavy (non-hydrogen) atoms. The van der Waals surface area contributed by atoms with Gasteiger partial charge in [-0.25, -0.2) is 0 Å². The van der Waals surface area contributed by atoms with Crippen molar-refractivity contribution in [2.24, 2.45) is 0 Å². The van der Waals surface area contributed by atoms with E-state index in [0.29, 0.717) is 6.04 Å². The van der Waals surface area contributed by atoms with Crippen LogP contribution in [0.25, 0.3) is 0 Å². The summed E-state index contributed by atoms with van der Waals surface area (Å²) < 4.78 is 6.27. The molecule has 0 spiro atoms. The van der Waals surface area contributed by atoms with E-state index < -0.39 is 0 Å². The summed E-state index contributed by atoms with van der Waals surface area (Å²) in [4.78, 5) is 0. The number of hydrogen-bond donors (Lipinski definition) is 1. The minimum Gasteiger partial charge on any atom is -0.487 e. The van der Waals surface area contributed by atoms with Gasteiger partial charge >= 0.3 is 0 Å². The molecule has 0 bridgehead atoms. The third-order valence-electron chi connectivity index (χ3n) is 4.16. The molecule has 0 amide bonds. The molecule has 1 heterocycles. The summed E-state index contributed by atoms with van der Waals surface area (Å²) in [5.74, 6) is 1.10. The summed E-state index contributed by atoms with van der Waals surface area (Å²) in [7, 11) is 2.03. The highest BCUT2D eigenvalue weighted by molar-refractivity contribution is 5.48. The summed E-state index contributed by atoms with van der Waals surface area (Å²) >= 11 is 0. The molecule has 0 aliphatic carbocycles. The highest BCUT2D eigenvalue weighted by Crippen LogP contribution is 2.43. The van der Waals surface area contributed by atoms with Crippen molar-refractivity contribution in [3.8, 4) is 5.75 Å². The van der Waals surface area contributed by atoms with Gasteiger partial charge in [0, 0.05) is 18.0 Å². The molecule has 0 aromatic heterocycles. The average molecular weight is 233 g/mol. The van der Waals surface area contributed by atoms with E-state index in [1.54, 1.807) is 0 Å². The Bertz CT molecular complexity index is 427. The smallest absolute Gasteiger partial charge is 0.128 e. The van der Waals surface area contributed by atoms with Crippen LogP contribution in [0.15, 0.2) is 12.1 Å². The van der Waals surface area contributed by atoms with E-state index in [1.807, 2.05) is 7.05 Å². The second kappa shape index (κ2) is 4.34. The maximum atomic E-state index is 6.27. The lowest BCUT2D eigenvalue weighted by Crippen LogP contribution is -2.41. The first-order chi connectivity index (χ1) is 8.00. The molecule has 1 N–H and O–H groups in total. The van der Waals surface area contributed by atoms with Gasteiger partial charge in [-0.2, -0.15) is 0 Å². The Morgan fingerprint density at radius 3 is 2.71 bits per heavy atom. The number of hydrogen-bond acceptors (Lipinski definition) is 2. The molecule has 1 aliphatic rings. The standard InChI is InChI=1S/C15H23NO/c1-6-15(4)9-13(16-5)12-8-7-10(2)11(3)14(12)17-15/h7-8,13,16H,6,9H2,1-5H3. The van der Waals surface area contributed by atoms with Crippen molar-refractivity contribution in [3.63, 3.8) is 0 Å². The minimum atomic E-state index is -0.0424. The maximum Gasteiger partial charge on any atom is 0.128 e. The number of aryl methyl sites for hydroxylation is 1. The number of ether oxygens (including phenoxy) is 1. The van der Waals surface area contributed by atoms with Gasteiger partial charge < -0.3 is 10.1 Å². The zero-order valence-electron chi connectivity index (χ0n) is 11.6. The lowest BCUT2D eigenvalue weighted by atomic mass is 9.85. The summed E-state index contributed by atoms with van der Waals surface area (Å²) in [5, 5.41) is 3.42. The molecule has 2 nitrogen and oxygen atoms in total. The summed E-state index contributed by atoms with van der Waals surface area (Å²) in [6.07, 6.45) is 2.08. The third kappa shape index (κ3) is 2.06. The Morgan fingerprint density at radius 2 is 2.12 bits per heavy atom. The van der Waals surface area contributed by atoms with Crippen LogP contribution in [0.2, 0.25) is 0 Å². The Kier molecular flexibility index (Phi) is 3.17. The largest absolute Gasteiger partial charge is 0.487 e. The molecule has 0 fully saturated rings. The fraction of sp³-hybridized carbons (Fsp3) is 0.600. The maximum absolute atomic E-state index is 6.27. The predicted octanol–water partition coefficient (Wildman–Crippen LogP) is 3.52. The molecule has 1 aliphatic heterocycles. The fourth-order valence-electron chi connectivity index (χ4n) is 2.52. The van der Waals surface area contributed by atoms with Gasteiger partial charge in [-0.3, -0.25) is 0 Å². The van der Waals surface area contributed by atoms with Gasteiger partial charge in [-0.1, -0.05) is 19.1 Å². The van der Waals surface area contributed by atoms with Gasteiger partial charge in [0.1, 0.15) is 11.4 Å². The summed E-state index contributed by atoms with van der Waals surface area (Å²) in [5.41, 5.74) is 3.85. The van der Waals surface area contributed by atoms with Crippen LogP contribution in [-0.2, 0) is 0 Å². The van der Waals surface area contributed by atoms with Gasteiger partial charge in [-0.15, -0.1) is 0 Å². The molecule has 1 aromatic rings. The van der Waals surface area contributed by atoms with E-state index in [2.05, 4.69) is 45.1 Å². The number of nitrogens with one attached hydrogen (secondary N) is 1. The Hall–Kier alpha value is -1.02. The monoisotopic (exact) mass is 233 g/mol. The molecular weight excluding hydrogens is 210 g/mol. The molecule has 2 unspecified atom stereocenters. The molecule has 94 valence electrons. The highest BCUT2D eigenvalue weighted by Gasteiger charge is 2.36. The van der Waals surface area contributed by atoms with E-state index in [-0.39, 0.29) is 5.60 Å². The van der Waals surface area contributed by atoms with Gasteiger partial charge in [0.05, 0.1) is 0 Å². The normalized spacial score (nSPS) is 27.5. The molecule has 2 rings (SSSR count). The fourth-order valence-corrected chi connectivity index (χ4v) is 2.52. The molecule has 2 heteroatoms. The van der Waals surface area contributed by atoms with Crippen molar-refractivity contribution < 1.29 is 4.74 Å². The summed E-state index contributed by atoms with van der Waals surface area (Å²) in [6.45, 7) is 8.71. The number of fused-ring (bicyclic) bond motifs is 1. The first-order valence-corrected chi connectivity index (χ1v) is 6.47. The third-order valence-corrected chi connectivity index (χ3v) is 4.16. The van der Waals surface area contributed by atoms with E-state index >= 15 is 0 Å². The lowest BCUT2D eigenvalue weighted by molar-refractivity contribution is 0.0446. The van der Waals surface area contributed by atoms with Crippen LogP contribution in [0.5, 0.6) is 5.75 Å². The first kappa shape index (κ1) is 12.4. The van der Waals surface area contributed by atoms with Crippen molar-refractivity contribution in [3.05, 3.63) is 28.8 Å². The van der Waals surface area contributed by atoms with Crippen molar-refractivity contribution in [1.29, 1.82) is 0 Å². The zero-order valence-corrected chi connectivity index (χ0v) is 11.6. The van der Waals surface area contributed by atoms with Gasteiger partial charge in [0.15, 0.2) is 0 Å². The van der Waals surface area contributed by atoms with Crippen LogP contribution in [0.3, 0.4) is 0 Å². The second-order valence-corrected chi connectivity index (χ2v) is 5.38. The Balaban J connectivity index is 2.52. The minimum absolute atomic E-state index is 0.0424. The summed E-state index contributed by atoms with van der Waals surface area (Å²) in [6, 6.07) is 4.80. The van der Waals surface area contributed by atoms with Crippen molar-refractivity contribution in [2.75, 3.05) is 7.05 Å². The topological polar surface area (TPSA) is 21.3 Å². The van der Waals surface area contributed by atoms with Crippen LogP contribution in [0, 0.1) is 13.8 Å². The van der Waals surface area contributed by atoms with Crippen LogP contribution in [-0.4, -0.2) is 12.6 Å². The molecule has 0 saturated carbocycles. The number of benzene rings is 1.